The predicted molar refractivity (Wildman–Crippen MR) is 67.9 cm³/mol. The summed E-state index contributed by atoms with van der Waals surface area (Å²) in [6.45, 7) is 5.66. The maximum atomic E-state index is 12.0. The quantitative estimate of drug-likeness (QED) is 0.654. The van der Waals surface area contributed by atoms with E-state index in [0.29, 0.717) is 12.1 Å². The van der Waals surface area contributed by atoms with E-state index in [-0.39, 0.29) is 16.5 Å². The normalized spacial score (nSPS) is 11.8. The molecule has 0 aliphatic rings. The molecule has 7 heteroatoms. The number of benzene rings is 1. The van der Waals surface area contributed by atoms with Gasteiger partial charge in [-0.05, 0) is 18.4 Å². The van der Waals surface area contributed by atoms with Crippen LogP contribution in [0.4, 0.5) is 5.69 Å². The van der Waals surface area contributed by atoms with E-state index in [4.69, 9.17) is 0 Å². The van der Waals surface area contributed by atoms with E-state index in [1.165, 1.54) is 12.1 Å². The average molecular weight is 272 g/mol. The van der Waals surface area contributed by atoms with Crippen molar-refractivity contribution in [3.8, 4) is 0 Å². The van der Waals surface area contributed by atoms with Crippen molar-refractivity contribution < 1.29 is 13.3 Å². The number of nitrogens with one attached hydrogen (secondary N) is 1. The molecule has 0 unspecified atom stereocenters. The number of rotatable bonds is 5. The molecule has 1 aromatic rings. The molecule has 0 radical (unpaired) electrons. The highest BCUT2D eigenvalue weighted by molar-refractivity contribution is 7.89. The van der Waals surface area contributed by atoms with Crippen molar-refractivity contribution in [2.75, 3.05) is 6.54 Å². The zero-order valence-electron chi connectivity index (χ0n) is 10.5. The Morgan fingerprint density at radius 3 is 2.50 bits per heavy atom. The van der Waals surface area contributed by atoms with Crippen LogP contribution in [0.3, 0.4) is 0 Å². The maximum Gasteiger partial charge on any atom is 0.270 e. The first-order chi connectivity index (χ1) is 8.24. The number of nitro groups is 1. The van der Waals surface area contributed by atoms with Crippen molar-refractivity contribution in [2.45, 2.75) is 25.7 Å². The summed E-state index contributed by atoms with van der Waals surface area (Å²) < 4.78 is 26.4. The summed E-state index contributed by atoms with van der Waals surface area (Å²) in [4.78, 5) is 9.99. The molecule has 0 bridgehead atoms. The molecule has 0 amide bonds. The molecule has 0 aromatic heterocycles. The van der Waals surface area contributed by atoms with E-state index in [9.17, 15) is 18.5 Å². The van der Waals surface area contributed by atoms with Crippen molar-refractivity contribution in [1.82, 2.24) is 4.72 Å². The minimum Gasteiger partial charge on any atom is -0.258 e. The van der Waals surface area contributed by atoms with Gasteiger partial charge in [-0.3, -0.25) is 10.1 Å². The molecule has 0 aliphatic carbocycles. The number of non-ortho nitro benzene ring substituents is 1. The number of aryl methyl sites for hydroxylation is 1. The van der Waals surface area contributed by atoms with Gasteiger partial charge >= 0.3 is 0 Å². The SMILES string of the molecule is Cc1ccc([N+](=O)[O-])cc1S(=O)(=O)NCC(C)C. The topological polar surface area (TPSA) is 89.3 Å². The summed E-state index contributed by atoms with van der Waals surface area (Å²) >= 11 is 0. The van der Waals surface area contributed by atoms with E-state index in [0.717, 1.165) is 6.07 Å². The van der Waals surface area contributed by atoms with Gasteiger partial charge < -0.3 is 0 Å². The van der Waals surface area contributed by atoms with Crippen molar-refractivity contribution in [1.29, 1.82) is 0 Å². The molecule has 18 heavy (non-hydrogen) atoms. The van der Waals surface area contributed by atoms with Gasteiger partial charge in [0.05, 0.1) is 9.82 Å². The highest BCUT2D eigenvalue weighted by atomic mass is 32.2. The lowest BCUT2D eigenvalue weighted by Gasteiger charge is -2.10. The number of hydrogen-bond acceptors (Lipinski definition) is 4. The molecule has 0 saturated carbocycles. The Morgan fingerprint density at radius 1 is 1.39 bits per heavy atom. The molecule has 1 aromatic carbocycles. The van der Waals surface area contributed by atoms with Crippen LogP contribution in [-0.2, 0) is 10.0 Å². The van der Waals surface area contributed by atoms with Gasteiger partial charge in [0.1, 0.15) is 0 Å². The predicted octanol–water partition coefficient (Wildman–Crippen LogP) is 1.84. The summed E-state index contributed by atoms with van der Waals surface area (Å²) in [5.41, 5.74) is 0.252. The van der Waals surface area contributed by atoms with Gasteiger partial charge in [-0.25, -0.2) is 13.1 Å². The van der Waals surface area contributed by atoms with Crippen LogP contribution in [0.15, 0.2) is 23.1 Å². The molecule has 0 spiro atoms. The molecule has 100 valence electrons. The summed E-state index contributed by atoms with van der Waals surface area (Å²) in [5.74, 6) is 0.166. The Balaban J connectivity index is 3.15. The molecule has 0 atom stereocenters. The highest BCUT2D eigenvalue weighted by Gasteiger charge is 2.20. The lowest BCUT2D eigenvalue weighted by Crippen LogP contribution is -2.28. The largest absolute Gasteiger partial charge is 0.270 e. The van der Waals surface area contributed by atoms with Gasteiger partial charge in [0.2, 0.25) is 10.0 Å². The number of nitro benzene ring substituents is 1. The Morgan fingerprint density at radius 2 is 2.00 bits per heavy atom. The lowest BCUT2D eigenvalue weighted by atomic mass is 10.2. The summed E-state index contributed by atoms with van der Waals surface area (Å²) in [7, 11) is -3.70. The summed E-state index contributed by atoms with van der Waals surface area (Å²) in [5, 5.41) is 10.6. The van der Waals surface area contributed by atoms with Crippen molar-refractivity contribution in [2.24, 2.45) is 5.92 Å². The Bertz CT molecular complexity index is 552. The van der Waals surface area contributed by atoms with Crippen LogP contribution in [0.2, 0.25) is 0 Å². The monoisotopic (exact) mass is 272 g/mol. The third-order valence-electron chi connectivity index (χ3n) is 2.35. The van der Waals surface area contributed by atoms with Crippen LogP contribution >= 0.6 is 0 Å². The van der Waals surface area contributed by atoms with Crippen LogP contribution in [0.25, 0.3) is 0 Å². The van der Waals surface area contributed by atoms with Crippen LogP contribution in [0.1, 0.15) is 19.4 Å². The number of hydrogen-bond donors (Lipinski definition) is 1. The molecule has 0 heterocycles. The molecule has 0 fully saturated rings. The molecular weight excluding hydrogens is 256 g/mol. The van der Waals surface area contributed by atoms with Crippen LogP contribution in [0, 0.1) is 23.0 Å². The van der Waals surface area contributed by atoms with Crippen LogP contribution < -0.4 is 4.72 Å². The van der Waals surface area contributed by atoms with E-state index in [1.54, 1.807) is 6.92 Å². The first-order valence-corrected chi connectivity index (χ1v) is 6.97. The highest BCUT2D eigenvalue weighted by Crippen LogP contribution is 2.21. The lowest BCUT2D eigenvalue weighted by molar-refractivity contribution is -0.385. The third kappa shape index (κ3) is 3.51. The van der Waals surface area contributed by atoms with Crippen molar-refractivity contribution in [3.05, 3.63) is 33.9 Å². The summed E-state index contributed by atoms with van der Waals surface area (Å²) in [6, 6.07) is 3.80. The summed E-state index contributed by atoms with van der Waals surface area (Å²) in [6.07, 6.45) is 0. The van der Waals surface area contributed by atoms with E-state index in [1.807, 2.05) is 13.8 Å². The molecule has 0 saturated heterocycles. The standard InChI is InChI=1S/C11H16N2O4S/c1-8(2)7-12-18(16,17)11-6-10(13(14)15)5-4-9(11)3/h4-6,8,12H,7H2,1-3H3. The van der Waals surface area contributed by atoms with Gasteiger partial charge in [-0.1, -0.05) is 19.9 Å². The van der Waals surface area contributed by atoms with E-state index < -0.39 is 14.9 Å². The Labute approximate surface area is 106 Å². The maximum absolute atomic E-state index is 12.0. The number of nitrogens with zero attached hydrogens (tertiary/aromatic N) is 1. The first-order valence-electron chi connectivity index (χ1n) is 5.48. The molecule has 1 N–H and O–H groups in total. The Hall–Kier alpha value is -1.47. The second-order valence-corrected chi connectivity index (χ2v) is 6.19. The van der Waals surface area contributed by atoms with Gasteiger partial charge in [0, 0.05) is 18.7 Å². The smallest absolute Gasteiger partial charge is 0.258 e. The molecular formula is C11H16N2O4S. The van der Waals surface area contributed by atoms with Gasteiger partial charge in [0.15, 0.2) is 0 Å². The second-order valence-electron chi connectivity index (χ2n) is 4.45. The fourth-order valence-corrected chi connectivity index (χ4v) is 2.82. The van der Waals surface area contributed by atoms with Crippen molar-refractivity contribution >= 4 is 15.7 Å². The van der Waals surface area contributed by atoms with Crippen molar-refractivity contribution in [3.63, 3.8) is 0 Å². The van der Waals surface area contributed by atoms with Gasteiger partial charge in [-0.15, -0.1) is 0 Å². The molecule has 1 rings (SSSR count). The zero-order chi connectivity index (χ0) is 13.9. The third-order valence-corrected chi connectivity index (χ3v) is 3.92. The van der Waals surface area contributed by atoms with Crippen LogP contribution in [0.5, 0.6) is 0 Å². The van der Waals surface area contributed by atoms with Crippen LogP contribution in [-0.4, -0.2) is 19.9 Å². The first kappa shape index (κ1) is 14.6. The number of sulfonamides is 1. The molecule has 0 aliphatic heterocycles. The molecule has 6 nitrogen and oxygen atoms in total. The van der Waals surface area contributed by atoms with Gasteiger partial charge in [-0.2, -0.15) is 0 Å². The average Bonchev–Trinajstić information content (AvgIpc) is 2.26. The minimum atomic E-state index is -3.70. The van der Waals surface area contributed by atoms with E-state index in [2.05, 4.69) is 4.72 Å². The second kappa shape index (κ2) is 5.45. The fourth-order valence-electron chi connectivity index (χ4n) is 1.35. The minimum absolute atomic E-state index is 0.0441. The van der Waals surface area contributed by atoms with E-state index >= 15 is 0 Å². The zero-order valence-corrected chi connectivity index (χ0v) is 11.3. The van der Waals surface area contributed by atoms with Gasteiger partial charge in [0.25, 0.3) is 5.69 Å². The Kier molecular flexibility index (Phi) is 4.42. The fraction of sp³-hybridized carbons (Fsp3) is 0.455.